The number of anilines is 1. The minimum atomic E-state index is 0.346. The van der Waals surface area contributed by atoms with Gasteiger partial charge in [0.2, 0.25) is 0 Å². The highest BCUT2D eigenvalue weighted by Crippen LogP contribution is 2.25. The predicted octanol–water partition coefficient (Wildman–Crippen LogP) is 5.63. The van der Waals surface area contributed by atoms with E-state index in [-0.39, 0.29) is 0 Å². The molecule has 0 heterocycles. The van der Waals surface area contributed by atoms with Crippen LogP contribution in [0.2, 0.25) is 0 Å². The second-order valence-corrected chi connectivity index (χ2v) is 5.95. The van der Waals surface area contributed by atoms with E-state index in [0.29, 0.717) is 6.04 Å². The van der Waals surface area contributed by atoms with Gasteiger partial charge in [-0.15, -0.1) is 0 Å². The summed E-state index contributed by atoms with van der Waals surface area (Å²) < 4.78 is 1.13. The van der Waals surface area contributed by atoms with Gasteiger partial charge in [0.25, 0.3) is 0 Å². The molecule has 0 saturated carbocycles. The molecule has 0 aromatic heterocycles. The summed E-state index contributed by atoms with van der Waals surface area (Å²) in [6.45, 7) is 6.48. The molecular formula is C17H20BrN. The minimum absolute atomic E-state index is 0.346. The van der Waals surface area contributed by atoms with Crippen LogP contribution in [0.3, 0.4) is 0 Å². The molecule has 0 bridgehead atoms. The van der Waals surface area contributed by atoms with Gasteiger partial charge in [-0.3, -0.25) is 0 Å². The lowest BCUT2D eigenvalue weighted by molar-refractivity contribution is 0.748. The Morgan fingerprint density at radius 2 is 1.74 bits per heavy atom. The van der Waals surface area contributed by atoms with Crippen molar-refractivity contribution in [3.63, 3.8) is 0 Å². The normalized spacial score (nSPS) is 12.2. The van der Waals surface area contributed by atoms with E-state index >= 15 is 0 Å². The summed E-state index contributed by atoms with van der Waals surface area (Å²) in [5.41, 5.74) is 5.11. The van der Waals surface area contributed by atoms with E-state index in [1.807, 2.05) is 0 Å². The standard InChI is InChI=1S/C17H20BrN/c1-4-17(14-6-5-7-15(18)11-14)19-16-9-12(2)8-13(3)10-16/h5-11,17,19H,4H2,1-3H3. The van der Waals surface area contributed by atoms with Gasteiger partial charge in [-0.25, -0.2) is 0 Å². The Balaban J connectivity index is 2.23. The number of benzene rings is 2. The van der Waals surface area contributed by atoms with Gasteiger partial charge in [-0.2, -0.15) is 0 Å². The Hall–Kier alpha value is -1.28. The molecular weight excluding hydrogens is 298 g/mol. The topological polar surface area (TPSA) is 12.0 Å². The zero-order chi connectivity index (χ0) is 13.8. The maximum Gasteiger partial charge on any atom is 0.0511 e. The third kappa shape index (κ3) is 3.84. The second-order valence-electron chi connectivity index (χ2n) is 5.04. The van der Waals surface area contributed by atoms with E-state index in [9.17, 15) is 0 Å². The van der Waals surface area contributed by atoms with E-state index in [0.717, 1.165) is 10.9 Å². The van der Waals surface area contributed by atoms with Crippen molar-refractivity contribution in [1.82, 2.24) is 0 Å². The largest absolute Gasteiger partial charge is 0.378 e. The molecule has 0 radical (unpaired) electrons. The van der Waals surface area contributed by atoms with Crippen molar-refractivity contribution in [3.8, 4) is 0 Å². The van der Waals surface area contributed by atoms with Crippen LogP contribution in [0, 0.1) is 13.8 Å². The molecule has 1 N–H and O–H groups in total. The molecule has 1 nitrogen and oxygen atoms in total. The maximum absolute atomic E-state index is 3.63. The zero-order valence-electron chi connectivity index (χ0n) is 11.7. The molecule has 2 rings (SSSR count). The third-order valence-electron chi connectivity index (χ3n) is 3.22. The molecule has 0 aliphatic heterocycles. The van der Waals surface area contributed by atoms with Gasteiger partial charge < -0.3 is 5.32 Å². The number of hydrogen-bond donors (Lipinski definition) is 1. The van der Waals surface area contributed by atoms with Gasteiger partial charge >= 0.3 is 0 Å². The van der Waals surface area contributed by atoms with Crippen LogP contribution in [0.15, 0.2) is 46.9 Å². The molecule has 2 heteroatoms. The van der Waals surface area contributed by atoms with Crippen molar-refractivity contribution >= 4 is 21.6 Å². The van der Waals surface area contributed by atoms with Crippen LogP contribution >= 0.6 is 15.9 Å². The number of halogens is 1. The highest BCUT2D eigenvalue weighted by Gasteiger charge is 2.09. The predicted molar refractivity (Wildman–Crippen MR) is 86.7 cm³/mol. The SMILES string of the molecule is CCC(Nc1cc(C)cc(C)c1)c1cccc(Br)c1. The van der Waals surface area contributed by atoms with Gasteiger partial charge in [0.15, 0.2) is 0 Å². The first-order valence-electron chi connectivity index (χ1n) is 6.69. The fourth-order valence-corrected chi connectivity index (χ4v) is 2.82. The maximum atomic E-state index is 3.63. The van der Waals surface area contributed by atoms with Crippen LogP contribution in [0.1, 0.15) is 36.1 Å². The number of nitrogens with one attached hydrogen (secondary N) is 1. The average molecular weight is 318 g/mol. The zero-order valence-corrected chi connectivity index (χ0v) is 13.3. The van der Waals surface area contributed by atoms with Crippen LogP contribution in [0.25, 0.3) is 0 Å². The summed E-state index contributed by atoms with van der Waals surface area (Å²) in [5, 5.41) is 3.63. The summed E-state index contributed by atoms with van der Waals surface area (Å²) in [4.78, 5) is 0. The van der Waals surface area contributed by atoms with Crippen LogP contribution in [0.5, 0.6) is 0 Å². The number of rotatable bonds is 4. The molecule has 2 aromatic carbocycles. The molecule has 1 atom stereocenters. The molecule has 100 valence electrons. The molecule has 0 fully saturated rings. The van der Waals surface area contributed by atoms with Crippen molar-refractivity contribution in [2.24, 2.45) is 0 Å². The first-order chi connectivity index (χ1) is 9.08. The highest BCUT2D eigenvalue weighted by atomic mass is 79.9. The van der Waals surface area contributed by atoms with Crippen molar-refractivity contribution in [3.05, 3.63) is 63.6 Å². The van der Waals surface area contributed by atoms with Crippen molar-refractivity contribution < 1.29 is 0 Å². The van der Waals surface area contributed by atoms with Gasteiger partial charge in [0, 0.05) is 10.2 Å². The molecule has 1 unspecified atom stereocenters. The van der Waals surface area contributed by atoms with E-state index < -0.39 is 0 Å². The van der Waals surface area contributed by atoms with Crippen molar-refractivity contribution in [1.29, 1.82) is 0 Å². The monoisotopic (exact) mass is 317 g/mol. The lowest BCUT2D eigenvalue weighted by Gasteiger charge is -2.20. The second kappa shape index (κ2) is 6.25. The molecule has 0 amide bonds. The van der Waals surface area contributed by atoms with Gasteiger partial charge in [0.05, 0.1) is 6.04 Å². The van der Waals surface area contributed by atoms with E-state index in [2.05, 4.69) is 84.5 Å². The van der Waals surface area contributed by atoms with Crippen LogP contribution in [0.4, 0.5) is 5.69 Å². The Morgan fingerprint density at radius 1 is 1.05 bits per heavy atom. The van der Waals surface area contributed by atoms with Crippen molar-refractivity contribution in [2.75, 3.05) is 5.32 Å². The van der Waals surface area contributed by atoms with E-state index in [1.165, 1.54) is 22.4 Å². The smallest absolute Gasteiger partial charge is 0.0511 e. The summed E-state index contributed by atoms with van der Waals surface area (Å²) >= 11 is 3.54. The van der Waals surface area contributed by atoms with E-state index in [4.69, 9.17) is 0 Å². The van der Waals surface area contributed by atoms with Gasteiger partial charge in [0.1, 0.15) is 0 Å². The summed E-state index contributed by atoms with van der Waals surface area (Å²) in [6, 6.07) is 15.5. The fourth-order valence-electron chi connectivity index (χ4n) is 2.40. The minimum Gasteiger partial charge on any atom is -0.378 e. The lowest BCUT2D eigenvalue weighted by atomic mass is 10.0. The summed E-state index contributed by atoms with van der Waals surface area (Å²) in [7, 11) is 0. The molecule has 0 spiro atoms. The Labute approximate surface area is 124 Å². The van der Waals surface area contributed by atoms with Crippen LogP contribution in [-0.4, -0.2) is 0 Å². The molecule has 0 saturated heterocycles. The molecule has 19 heavy (non-hydrogen) atoms. The van der Waals surface area contributed by atoms with Crippen LogP contribution in [-0.2, 0) is 0 Å². The Morgan fingerprint density at radius 3 is 2.32 bits per heavy atom. The first-order valence-corrected chi connectivity index (χ1v) is 7.48. The molecule has 0 aliphatic rings. The number of hydrogen-bond acceptors (Lipinski definition) is 1. The third-order valence-corrected chi connectivity index (χ3v) is 3.72. The fraction of sp³-hybridized carbons (Fsp3) is 0.294. The van der Waals surface area contributed by atoms with E-state index in [1.54, 1.807) is 0 Å². The first kappa shape index (κ1) is 14.1. The quantitative estimate of drug-likeness (QED) is 0.770. The summed E-state index contributed by atoms with van der Waals surface area (Å²) in [6.07, 6.45) is 1.06. The Bertz CT molecular complexity index is 543. The molecule has 0 aliphatic carbocycles. The average Bonchev–Trinajstić information content (AvgIpc) is 2.34. The highest BCUT2D eigenvalue weighted by molar-refractivity contribution is 9.10. The van der Waals surface area contributed by atoms with Gasteiger partial charge in [-0.05, 0) is 61.2 Å². The Kier molecular flexibility index (Phi) is 4.65. The summed E-state index contributed by atoms with van der Waals surface area (Å²) in [5.74, 6) is 0. The number of aryl methyl sites for hydroxylation is 2. The van der Waals surface area contributed by atoms with Crippen molar-refractivity contribution in [2.45, 2.75) is 33.2 Å². The van der Waals surface area contributed by atoms with Crippen LogP contribution < -0.4 is 5.32 Å². The van der Waals surface area contributed by atoms with Gasteiger partial charge in [-0.1, -0.05) is 41.1 Å². The molecule has 2 aromatic rings. The lowest BCUT2D eigenvalue weighted by Crippen LogP contribution is -2.09.